The number of nitrogens with one attached hydrogen (secondary N) is 2. The van der Waals surface area contributed by atoms with Gasteiger partial charge < -0.3 is 15.4 Å². The first-order valence-corrected chi connectivity index (χ1v) is 11.8. The van der Waals surface area contributed by atoms with Crippen LogP contribution >= 0.6 is 35.3 Å². The zero-order chi connectivity index (χ0) is 21.3. The number of guanidine groups is 1. The number of likely N-dealkylation sites (tertiary alicyclic amines) is 1. The van der Waals surface area contributed by atoms with Gasteiger partial charge in [-0.2, -0.15) is 0 Å². The Morgan fingerprint density at radius 1 is 1.26 bits per heavy atom. The molecule has 2 heterocycles. The minimum atomic E-state index is 0. The van der Waals surface area contributed by atoms with Crippen molar-refractivity contribution >= 4 is 41.3 Å². The number of thiazole rings is 1. The maximum absolute atomic E-state index is 5.46. The number of aliphatic imine (C=N–C) groups is 1. The van der Waals surface area contributed by atoms with Crippen LogP contribution in [0.3, 0.4) is 0 Å². The Balaban J connectivity index is 0.00000341. The number of aryl methyl sites for hydroxylation is 2. The number of hydrogen-bond acceptors (Lipinski definition) is 5. The molecule has 1 fully saturated rings. The molecule has 2 N–H and O–H groups in total. The molecule has 6 nitrogen and oxygen atoms in total. The lowest BCUT2D eigenvalue weighted by molar-refractivity contribution is 0.251. The summed E-state index contributed by atoms with van der Waals surface area (Å²) in [7, 11) is 1.72. The smallest absolute Gasteiger partial charge is 0.191 e. The zero-order valence-electron chi connectivity index (χ0n) is 19.1. The zero-order valence-corrected chi connectivity index (χ0v) is 22.3. The Kier molecular flexibility index (Phi) is 11.0. The van der Waals surface area contributed by atoms with E-state index in [0.29, 0.717) is 0 Å². The molecule has 1 unspecified atom stereocenters. The highest BCUT2D eigenvalue weighted by molar-refractivity contribution is 14.0. The van der Waals surface area contributed by atoms with E-state index in [1.165, 1.54) is 23.3 Å². The lowest BCUT2D eigenvalue weighted by Crippen LogP contribution is -2.39. The topological polar surface area (TPSA) is 61.8 Å². The first-order chi connectivity index (χ1) is 14.6. The van der Waals surface area contributed by atoms with Crippen molar-refractivity contribution in [2.24, 2.45) is 4.99 Å². The van der Waals surface area contributed by atoms with Crippen molar-refractivity contribution < 1.29 is 4.74 Å². The lowest BCUT2D eigenvalue weighted by atomic mass is 10.1. The molecule has 1 aromatic carbocycles. The largest absolute Gasteiger partial charge is 0.497 e. The van der Waals surface area contributed by atoms with Crippen LogP contribution in [0, 0.1) is 13.8 Å². The van der Waals surface area contributed by atoms with Crippen LogP contribution in [0.2, 0.25) is 0 Å². The van der Waals surface area contributed by atoms with E-state index < -0.39 is 0 Å². The van der Waals surface area contributed by atoms with Crippen LogP contribution in [-0.2, 0) is 6.42 Å². The van der Waals surface area contributed by atoms with Gasteiger partial charge in [-0.05, 0) is 64.4 Å². The van der Waals surface area contributed by atoms with Gasteiger partial charge >= 0.3 is 0 Å². The third-order valence-electron chi connectivity index (χ3n) is 5.47. The Labute approximate surface area is 207 Å². The quantitative estimate of drug-likeness (QED) is 0.273. The third-order valence-corrected chi connectivity index (χ3v) is 6.60. The number of halogens is 1. The summed E-state index contributed by atoms with van der Waals surface area (Å²) in [6.45, 7) is 10.9. The van der Waals surface area contributed by atoms with Crippen molar-refractivity contribution in [1.29, 1.82) is 0 Å². The molecule has 0 spiro atoms. The summed E-state index contributed by atoms with van der Waals surface area (Å²) in [6.07, 6.45) is 3.49. The van der Waals surface area contributed by atoms with Gasteiger partial charge in [-0.3, -0.25) is 9.89 Å². The minimum Gasteiger partial charge on any atom is -0.497 e. The Morgan fingerprint density at radius 3 is 2.68 bits per heavy atom. The van der Waals surface area contributed by atoms with E-state index >= 15 is 0 Å². The van der Waals surface area contributed by atoms with Crippen LogP contribution in [0.5, 0.6) is 5.75 Å². The van der Waals surface area contributed by atoms with E-state index in [2.05, 4.69) is 59.5 Å². The number of hydrogen-bond donors (Lipinski definition) is 2. The summed E-state index contributed by atoms with van der Waals surface area (Å²) in [5.74, 6) is 1.78. The number of rotatable bonds is 9. The molecule has 2 aromatic rings. The maximum Gasteiger partial charge on any atom is 0.191 e. The van der Waals surface area contributed by atoms with E-state index in [4.69, 9.17) is 9.73 Å². The van der Waals surface area contributed by atoms with Crippen molar-refractivity contribution in [2.45, 2.75) is 46.1 Å². The number of ether oxygens (including phenoxy) is 1. The molecule has 1 atom stereocenters. The number of benzene rings is 1. The molecular formula is C23H36IN5OS. The average Bonchev–Trinajstić information content (AvgIpc) is 3.38. The van der Waals surface area contributed by atoms with Gasteiger partial charge in [0.25, 0.3) is 0 Å². The molecule has 1 saturated heterocycles. The Bertz CT molecular complexity index is 835. The van der Waals surface area contributed by atoms with Gasteiger partial charge in [0.2, 0.25) is 0 Å². The molecule has 0 amide bonds. The second-order valence-corrected chi connectivity index (χ2v) is 8.96. The molecular weight excluding hydrogens is 521 g/mol. The fraction of sp³-hybridized carbons (Fsp3) is 0.565. The van der Waals surface area contributed by atoms with Crippen LogP contribution in [0.1, 0.15) is 46.9 Å². The highest BCUT2D eigenvalue weighted by Crippen LogP contribution is 2.28. The normalized spacial score (nSPS) is 15.4. The molecule has 8 heteroatoms. The summed E-state index contributed by atoms with van der Waals surface area (Å²) in [4.78, 5) is 13.4. The number of methoxy groups -OCH3 is 1. The second-order valence-electron chi connectivity index (χ2n) is 7.67. The molecule has 1 aliphatic rings. The summed E-state index contributed by atoms with van der Waals surface area (Å²) >= 11 is 1.79. The summed E-state index contributed by atoms with van der Waals surface area (Å²) in [5, 5.41) is 8.03. The summed E-state index contributed by atoms with van der Waals surface area (Å²) < 4.78 is 5.46. The van der Waals surface area contributed by atoms with Crippen molar-refractivity contribution in [3.63, 3.8) is 0 Å². The highest BCUT2D eigenvalue weighted by Gasteiger charge is 2.23. The molecule has 1 aliphatic heterocycles. The van der Waals surface area contributed by atoms with Crippen LogP contribution in [-0.4, -0.2) is 55.7 Å². The monoisotopic (exact) mass is 557 g/mol. The molecule has 172 valence electrons. The summed E-state index contributed by atoms with van der Waals surface area (Å²) in [6, 6.07) is 8.68. The van der Waals surface area contributed by atoms with Gasteiger partial charge in [0, 0.05) is 24.4 Å². The lowest BCUT2D eigenvalue weighted by Gasteiger charge is -2.27. The van der Waals surface area contributed by atoms with Gasteiger partial charge in [-0.25, -0.2) is 4.98 Å². The van der Waals surface area contributed by atoms with E-state index in [9.17, 15) is 0 Å². The highest BCUT2D eigenvalue weighted by atomic mass is 127. The fourth-order valence-electron chi connectivity index (χ4n) is 3.95. The molecule has 0 bridgehead atoms. The summed E-state index contributed by atoms with van der Waals surface area (Å²) in [5.41, 5.74) is 2.42. The molecule has 0 saturated carbocycles. The van der Waals surface area contributed by atoms with Crippen LogP contribution in [0.4, 0.5) is 0 Å². The van der Waals surface area contributed by atoms with Crippen LogP contribution in [0.25, 0.3) is 0 Å². The molecule has 0 radical (unpaired) electrons. The van der Waals surface area contributed by atoms with E-state index in [0.717, 1.165) is 61.6 Å². The molecule has 3 rings (SSSR count). The van der Waals surface area contributed by atoms with Crippen molar-refractivity contribution in [2.75, 3.05) is 39.8 Å². The van der Waals surface area contributed by atoms with Crippen LogP contribution < -0.4 is 15.4 Å². The second kappa shape index (κ2) is 13.2. The third kappa shape index (κ3) is 7.61. The van der Waals surface area contributed by atoms with Crippen molar-refractivity contribution in [3.8, 4) is 5.75 Å². The van der Waals surface area contributed by atoms with Gasteiger partial charge in [0.05, 0.1) is 30.4 Å². The molecule has 31 heavy (non-hydrogen) atoms. The Hall–Kier alpha value is -1.39. The van der Waals surface area contributed by atoms with Crippen LogP contribution in [0.15, 0.2) is 29.3 Å². The average molecular weight is 558 g/mol. The number of aromatic nitrogens is 1. The van der Waals surface area contributed by atoms with Gasteiger partial charge in [0.1, 0.15) is 5.75 Å². The standard InChI is InChI=1S/C23H35N5OS.HI/c1-5-24-23(25-12-11-22-17(2)27-18(3)30-22)26-16-21(28-13-6-7-14-28)19-9-8-10-20(15-19)29-4;/h8-10,15,21H,5-7,11-14,16H2,1-4H3,(H2,24,25,26);1H. The minimum absolute atomic E-state index is 0. The predicted molar refractivity (Wildman–Crippen MR) is 141 cm³/mol. The maximum atomic E-state index is 5.46. The first kappa shape index (κ1) is 25.9. The van der Waals surface area contributed by atoms with Gasteiger partial charge in [0.15, 0.2) is 5.96 Å². The van der Waals surface area contributed by atoms with Crippen molar-refractivity contribution in [3.05, 3.63) is 45.4 Å². The Morgan fingerprint density at radius 2 is 2.03 bits per heavy atom. The molecule has 1 aromatic heterocycles. The van der Waals surface area contributed by atoms with Crippen molar-refractivity contribution in [1.82, 2.24) is 20.5 Å². The van der Waals surface area contributed by atoms with E-state index in [-0.39, 0.29) is 30.0 Å². The number of nitrogens with zero attached hydrogens (tertiary/aromatic N) is 3. The SMILES string of the molecule is CCNC(=NCC(c1cccc(OC)c1)N1CCCC1)NCCc1sc(C)nc1C.I. The predicted octanol–water partition coefficient (Wildman–Crippen LogP) is 4.32. The first-order valence-electron chi connectivity index (χ1n) is 10.9. The van der Waals surface area contributed by atoms with Gasteiger partial charge in [-0.1, -0.05) is 12.1 Å². The van der Waals surface area contributed by atoms with E-state index in [1.54, 1.807) is 18.4 Å². The van der Waals surface area contributed by atoms with Gasteiger partial charge in [-0.15, -0.1) is 35.3 Å². The fourth-order valence-corrected chi connectivity index (χ4v) is 4.89. The van der Waals surface area contributed by atoms with E-state index in [1.807, 2.05) is 6.07 Å². The molecule has 0 aliphatic carbocycles.